The number of hydrogen-bond acceptors (Lipinski definition) is 5. The Kier molecular flexibility index (Phi) is 7.34. The number of hydrogen-bond donors (Lipinski definition) is 3. The third kappa shape index (κ3) is 6.58. The summed E-state index contributed by atoms with van der Waals surface area (Å²) in [7, 11) is 0. The number of halogens is 3. The Balaban J connectivity index is 1.29. The van der Waals surface area contributed by atoms with E-state index in [0.29, 0.717) is 19.7 Å². The van der Waals surface area contributed by atoms with Crippen molar-refractivity contribution >= 4 is 11.7 Å². The summed E-state index contributed by atoms with van der Waals surface area (Å²) in [5.74, 6) is 0.220. The molecule has 2 heterocycles. The van der Waals surface area contributed by atoms with Crippen LogP contribution in [0.5, 0.6) is 5.75 Å². The van der Waals surface area contributed by atoms with Crippen molar-refractivity contribution in [3.05, 3.63) is 53.9 Å². The van der Waals surface area contributed by atoms with Crippen LogP contribution < -0.4 is 20.7 Å². The van der Waals surface area contributed by atoms with Gasteiger partial charge < -0.3 is 25.4 Å². The molecule has 2 aliphatic rings. The number of urea groups is 1. The van der Waals surface area contributed by atoms with E-state index in [1.54, 1.807) is 12.4 Å². The Labute approximate surface area is 190 Å². The molecule has 33 heavy (non-hydrogen) atoms. The van der Waals surface area contributed by atoms with Crippen LogP contribution in [0.1, 0.15) is 36.8 Å². The lowest BCUT2D eigenvalue weighted by molar-refractivity contribution is -0.137. The highest BCUT2D eigenvalue weighted by atomic mass is 19.4. The second-order valence-electron chi connectivity index (χ2n) is 8.35. The molecule has 178 valence electrons. The molecule has 2 aromatic rings. The molecule has 2 fully saturated rings. The molecule has 1 saturated heterocycles. The van der Waals surface area contributed by atoms with E-state index in [4.69, 9.17) is 9.47 Å². The zero-order valence-electron chi connectivity index (χ0n) is 18.0. The highest BCUT2D eigenvalue weighted by molar-refractivity contribution is 5.91. The van der Waals surface area contributed by atoms with Gasteiger partial charge in [-0.05, 0) is 61.6 Å². The molecule has 1 saturated carbocycles. The number of aromatic nitrogens is 1. The summed E-state index contributed by atoms with van der Waals surface area (Å²) >= 11 is 0. The Morgan fingerprint density at radius 3 is 2.42 bits per heavy atom. The first-order chi connectivity index (χ1) is 15.9. The Morgan fingerprint density at radius 1 is 1.06 bits per heavy atom. The van der Waals surface area contributed by atoms with E-state index < -0.39 is 17.8 Å². The van der Waals surface area contributed by atoms with Gasteiger partial charge in [0.25, 0.3) is 0 Å². The van der Waals surface area contributed by atoms with Gasteiger partial charge in [-0.2, -0.15) is 13.2 Å². The molecule has 0 spiro atoms. The van der Waals surface area contributed by atoms with Crippen molar-refractivity contribution in [1.82, 2.24) is 15.6 Å². The van der Waals surface area contributed by atoms with Gasteiger partial charge in [0.05, 0.1) is 24.0 Å². The van der Waals surface area contributed by atoms with E-state index in [-0.39, 0.29) is 29.7 Å². The minimum absolute atomic E-state index is 0.00333. The molecule has 1 aromatic carbocycles. The molecule has 0 atom stereocenters. The van der Waals surface area contributed by atoms with E-state index in [0.717, 1.165) is 43.4 Å². The largest absolute Gasteiger partial charge is 0.486 e. The molecule has 4 rings (SSSR count). The monoisotopic (exact) mass is 464 g/mol. The van der Waals surface area contributed by atoms with Crippen molar-refractivity contribution in [2.24, 2.45) is 0 Å². The van der Waals surface area contributed by atoms with Crippen LogP contribution in [0, 0.1) is 0 Å². The number of ether oxygens (including phenoxy) is 2. The Morgan fingerprint density at radius 2 is 1.79 bits per heavy atom. The summed E-state index contributed by atoms with van der Waals surface area (Å²) in [5, 5.41) is 8.45. The summed E-state index contributed by atoms with van der Waals surface area (Å²) in [4.78, 5) is 16.5. The predicted octanol–water partition coefficient (Wildman–Crippen LogP) is 4.10. The van der Waals surface area contributed by atoms with Crippen molar-refractivity contribution in [2.45, 2.75) is 56.7 Å². The van der Waals surface area contributed by atoms with Crippen LogP contribution in [0.4, 0.5) is 23.7 Å². The van der Waals surface area contributed by atoms with Crippen molar-refractivity contribution in [2.75, 3.05) is 18.4 Å². The normalized spacial score (nSPS) is 21.2. The van der Waals surface area contributed by atoms with Gasteiger partial charge in [0.2, 0.25) is 0 Å². The SMILES string of the molecule is O=C(Nc1cc(C(F)(F)F)ccc1OC1CNC1)N[C@H]1CC[C@H](OCc2ccncc2)CC1. The molecule has 1 aliphatic heterocycles. The standard InChI is InChI=1S/C23H27F3N4O3/c24-23(25,26)16-1-6-21(33-19-12-28-13-19)20(11-16)30-22(31)29-17-2-4-18(5-3-17)32-14-15-7-9-27-10-8-15/h1,6-11,17-19,28H,2-5,12-14H2,(H2,29,30,31)/t17-,18-. The van der Waals surface area contributed by atoms with Gasteiger partial charge in [-0.3, -0.25) is 4.98 Å². The molecule has 2 amide bonds. The zero-order chi connectivity index (χ0) is 23.3. The lowest BCUT2D eigenvalue weighted by atomic mass is 9.93. The van der Waals surface area contributed by atoms with Crippen LogP contribution in [0.2, 0.25) is 0 Å². The number of carbonyl (C=O) groups excluding carboxylic acids is 1. The topological polar surface area (TPSA) is 84.5 Å². The fourth-order valence-electron chi connectivity index (χ4n) is 3.84. The van der Waals surface area contributed by atoms with Crippen molar-refractivity contribution in [1.29, 1.82) is 0 Å². The summed E-state index contributed by atoms with van der Waals surface area (Å²) in [6.45, 7) is 1.73. The number of amides is 2. The van der Waals surface area contributed by atoms with Gasteiger partial charge in [-0.15, -0.1) is 0 Å². The second kappa shape index (κ2) is 10.4. The molecular weight excluding hydrogens is 437 g/mol. The van der Waals surface area contributed by atoms with E-state index in [2.05, 4.69) is 20.9 Å². The first-order valence-electron chi connectivity index (χ1n) is 11.0. The quantitative estimate of drug-likeness (QED) is 0.575. The molecule has 0 bridgehead atoms. The van der Waals surface area contributed by atoms with Crippen molar-refractivity contribution in [3.63, 3.8) is 0 Å². The van der Waals surface area contributed by atoms with Crippen LogP contribution in [-0.4, -0.2) is 42.4 Å². The summed E-state index contributed by atoms with van der Waals surface area (Å²) in [6.07, 6.45) is 1.96. The second-order valence-corrected chi connectivity index (χ2v) is 8.35. The summed E-state index contributed by atoms with van der Waals surface area (Å²) in [5.41, 5.74) is 0.216. The van der Waals surface area contributed by atoms with Gasteiger partial charge in [0.15, 0.2) is 0 Å². The van der Waals surface area contributed by atoms with Crippen molar-refractivity contribution in [3.8, 4) is 5.75 Å². The maximum absolute atomic E-state index is 13.2. The molecule has 0 radical (unpaired) electrons. The van der Waals surface area contributed by atoms with Gasteiger partial charge >= 0.3 is 12.2 Å². The highest BCUT2D eigenvalue weighted by Gasteiger charge is 2.32. The zero-order valence-corrected chi connectivity index (χ0v) is 18.0. The smallest absolute Gasteiger partial charge is 0.416 e. The third-order valence-corrected chi connectivity index (χ3v) is 5.84. The van der Waals surface area contributed by atoms with Crippen LogP contribution in [0.3, 0.4) is 0 Å². The molecular formula is C23H27F3N4O3. The number of alkyl halides is 3. The number of pyridine rings is 1. The van der Waals surface area contributed by atoms with Gasteiger partial charge in [0.1, 0.15) is 11.9 Å². The van der Waals surface area contributed by atoms with Crippen molar-refractivity contribution < 1.29 is 27.4 Å². The van der Waals surface area contributed by atoms with Gasteiger partial charge in [-0.1, -0.05) is 0 Å². The third-order valence-electron chi connectivity index (χ3n) is 5.84. The first kappa shape index (κ1) is 23.3. The van der Waals surface area contributed by atoms with Crippen LogP contribution in [0.15, 0.2) is 42.7 Å². The first-order valence-corrected chi connectivity index (χ1v) is 11.0. The van der Waals surface area contributed by atoms with E-state index in [1.165, 1.54) is 6.07 Å². The number of anilines is 1. The maximum Gasteiger partial charge on any atom is 0.416 e. The average Bonchev–Trinajstić information content (AvgIpc) is 2.76. The van der Waals surface area contributed by atoms with Gasteiger partial charge in [0, 0.05) is 31.5 Å². The molecule has 7 nitrogen and oxygen atoms in total. The molecule has 0 unspecified atom stereocenters. The number of nitrogens with one attached hydrogen (secondary N) is 3. The summed E-state index contributed by atoms with van der Waals surface area (Å²) in [6, 6.07) is 6.31. The lowest BCUT2D eigenvalue weighted by Crippen LogP contribution is -2.50. The average molecular weight is 464 g/mol. The number of carbonyl (C=O) groups is 1. The van der Waals surface area contributed by atoms with Crippen LogP contribution >= 0.6 is 0 Å². The Hall–Kier alpha value is -2.85. The number of nitrogens with zero attached hydrogens (tertiary/aromatic N) is 1. The molecule has 3 N–H and O–H groups in total. The van der Waals surface area contributed by atoms with Gasteiger partial charge in [-0.25, -0.2) is 4.79 Å². The maximum atomic E-state index is 13.2. The number of benzene rings is 1. The number of rotatable bonds is 7. The van der Waals surface area contributed by atoms with E-state index >= 15 is 0 Å². The minimum atomic E-state index is -4.52. The fraction of sp³-hybridized carbons (Fsp3) is 0.478. The fourth-order valence-corrected chi connectivity index (χ4v) is 3.84. The Bertz CT molecular complexity index is 930. The predicted molar refractivity (Wildman–Crippen MR) is 116 cm³/mol. The molecule has 1 aliphatic carbocycles. The molecule has 1 aromatic heterocycles. The lowest BCUT2D eigenvalue weighted by Gasteiger charge is -2.30. The van der Waals surface area contributed by atoms with E-state index in [9.17, 15) is 18.0 Å². The van der Waals surface area contributed by atoms with E-state index in [1.807, 2.05) is 12.1 Å². The van der Waals surface area contributed by atoms with Crippen LogP contribution in [0.25, 0.3) is 0 Å². The van der Waals surface area contributed by atoms with Crippen LogP contribution in [-0.2, 0) is 17.5 Å². The minimum Gasteiger partial charge on any atom is -0.486 e. The summed E-state index contributed by atoms with van der Waals surface area (Å²) < 4.78 is 51.2. The highest BCUT2D eigenvalue weighted by Crippen LogP contribution is 2.35. The molecule has 10 heteroatoms.